The minimum Gasteiger partial charge on any atom is -0.456 e. The Kier molecular flexibility index (Phi) is 5.30. The first-order chi connectivity index (χ1) is 15.3. The predicted octanol–water partition coefficient (Wildman–Crippen LogP) is 5.86. The van der Waals surface area contributed by atoms with Gasteiger partial charge < -0.3 is 9.84 Å². The largest absolute Gasteiger partial charge is 0.456 e. The van der Waals surface area contributed by atoms with E-state index < -0.39 is 11.6 Å². The minimum atomic E-state index is -1.33. The Labute approximate surface area is 199 Å². The van der Waals surface area contributed by atoms with Gasteiger partial charge in [0.1, 0.15) is 11.9 Å². The Bertz CT molecular complexity index is 884. The van der Waals surface area contributed by atoms with E-state index in [1.54, 1.807) is 0 Å². The summed E-state index contributed by atoms with van der Waals surface area (Å²) in [6, 6.07) is 0. The second-order valence-electron chi connectivity index (χ2n) is 13.6. The first kappa shape index (κ1) is 23.6. The van der Waals surface area contributed by atoms with Crippen molar-refractivity contribution < 1.29 is 19.4 Å². The van der Waals surface area contributed by atoms with Crippen LogP contribution in [0.3, 0.4) is 0 Å². The molecule has 0 bridgehead atoms. The summed E-state index contributed by atoms with van der Waals surface area (Å²) >= 11 is 0. The van der Waals surface area contributed by atoms with Crippen LogP contribution in [0.5, 0.6) is 0 Å². The number of allylic oxidation sites excluding steroid dienone is 1. The summed E-state index contributed by atoms with van der Waals surface area (Å²) < 4.78 is 5.63. The van der Waals surface area contributed by atoms with Gasteiger partial charge in [-0.1, -0.05) is 33.3 Å². The predicted molar refractivity (Wildman–Crippen MR) is 128 cm³/mol. The Morgan fingerprint density at radius 3 is 2.30 bits per heavy atom. The minimum absolute atomic E-state index is 0.0123. The second-order valence-corrected chi connectivity index (χ2v) is 13.6. The molecule has 5 aliphatic rings. The van der Waals surface area contributed by atoms with Crippen LogP contribution in [0.4, 0.5) is 0 Å². The van der Waals surface area contributed by atoms with Gasteiger partial charge in [-0.15, -0.1) is 0 Å². The number of hydrogen-bond acceptors (Lipinski definition) is 4. The molecule has 4 nitrogen and oxygen atoms in total. The molecule has 1 aliphatic heterocycles. The van der Waals surface area contributed by atoms with Gasteiger partial charge in [0, 0.05) is 24.2 Å². The Morgan fingerprint density at radius 2 is 1.61 bits per heavy atom. The van der Waals surface area contributed by atoms with Crippen molar-refractivity contribution in [3.63, 3.8) is 0 Å². The molecule has 9 atom stereocenters. The standard InChI is InChI=1S/C29H44O4/c1-17(2)15-18-16-29(32,25(31)33-18)21-9-8-20-19(21)7-10-23-27(20,5)13-11-22-26(3,4)24(30)12-14-28(22,23)6/h15,18-23,32H,7-14,16H2,1-6H3/t18-,19+,20-,21+,22+,23+,27+,28+,29+/m1/s1. The van der Waals surface area contributed by atoms with Crippen molar-refractivity contribution in [1.82, 2.24) is 0 Å². The SMILES string of the molecule is CC(C)=C[C@@H]1C[C@](O)([C@H]2CC[C@@H]3[C@@H]2CC[C@H]2[C@@]3(C)CC[C@H]3C(C)(C)C(=O)CC[C@]23C)C(=O)O1. The molecular weight excluding hydrogens is 412 g/mol. The van der Waals surface area contributed by atoms with E-state index in [0.29, 0.717) is 35.9 Å². The molecule has 0 amide bonds. The molecule has 1 heterocycles. The lowest BCUT2D eigenvalue weighted by molar-refractivity contribution is -0.184. The number of Topliss-reactive ketones (excluding diaryl/α,β-unsaturated/α-hetero) is 1. The van der Waals surface area contributed by atoms with Crippen molar-refractivity contribution in [3.8, 4) is 0 Å². The highest BCUT2D eigenvalue weighted by Crippen LogP contribution is 2.71. The zero-order chi connectivity index (χ0) is 24.0. The first-order valence-corrected chi connectivity index (χ1v) is 13.5. The molecule has 0 spiro atoms. The lowest BCUT2D eigenvalue weighted by Crippen LogP contribution is -2.61. The summed E-state index contributed by atoms with van der Waals surface area (Å²) in [4.78, 5) is 25.7. The fourth-order valence-electron chi connectivity index (χ4n) is 10.2. The Hall–Kier alpha value is -1.16. The highest BCUT2D eigenvalue weighted by Gasteiger charge is 2.67. The van der Waals surface area contributed by atoms with Gasteiger partial charge in [-0.3, -0.25) is 4.79 Å². The monoisotopic (exact) mass is 456 g/mol. The molecule has 0 aromatic rings. The molecule has 0 unspecified atom stereocenters. The topological polar surface area (TPSA) is 63.6 Å². The highest BCUT2D eigenvalue weighted by atomic mass is 16.6. The molecule has 5 rings (SSSR count). The first-order valence-electron chi connectivity index (χ1n) is 13.5. The number of esters is 1. The van der Waals surface area contributed by atoms with Gasteiger partial charge in [0.25, 0.3) is 0 Å². The maximum absolute atomic E-state index is 12.9. The third-order valence-corrected chi connectivity index (χ3v) is 11.6. The number of carbonyl (C=O) groups excluding carboxylic acids is 2. The normalized spacial score (nSPS) is 50.8. The summed E-state index contributed by atoms with van der Waals surface area (Å²) in [6.07, 6.45) is 10.4. The van der Waals surface area contributed by atoms with Crippen molar-refractivity contribution in [2.24, 2.45) is 45.8 Å². The van der Waals surface area contributed by atoms with Crippen molar-refractivity contribution in [2.75, 3.05) is 0 Å². The number of ketones is 1. The fourth-order valence-corrected chi connectivity index (χ4v) is 10.2. The molecule has 0 aromatic carbocycles. The number of rotatable bonds is 2. The zero-order valence-electron chi connectivity index (χ0n) is 21.6. The van der Waals surface area contributed by atoms with Crippen molar-refractivity contribution in [1.29, 1.82) is 0 Å². The van der Waals surface area contributed by atoms with Gasteiger partial charge in [0.15, 0.2) is 5.60 Å². The average Bonchev–Trinajstić information content (AvgIpc) is 3.27. The molecule has 0 aromatic heterocycles. The van der Waals surface area contributed by atoms with E-state index >= 15 is 0 Å². The highest BCUT2D eigenvalue weighted by molar-refractivity contribution is 5.85. The molecule has 1 N–H and O–H groups in total. The molecule has 0 radical (unpaired) electrons. The van der Waals surface area contributed by atoms with E-state index in [4.69, 9.17) is 4.74 Å². The summed E-state index contributed by atoms with van der Waals surface area (Å²) in [6.45, 7) is 13.4. The van der Waals surface area contributed by atoms with Gasteiger partial charge in [0.2, 0.25) is 0 Å². The molecule has 4 heteroatoms. The average molecular weight is 457 g/mol. The molecule has 33 heavy (non-hydrogen) atoms. The summed E-state index contributed by atoms with van der Waals surface area (Å²) in [5.41, 5.74) is 0.0160. The Morgan fingerprint density at radius 1 is 0.909 bits per heavy atom. The van der Waals surface area contributed by atoms with Crippen LogP contribution >= 0.6 is 0 Å². The third-order valence-electron chi connectivity index (χ3n) is 11.6. The molecule has 4 saturated carbocycles. The van der Waals surface area contributed by atoms with E-state index in [1.807, 2.05) is 19.9 Å². The molecule has 4 aliphatic carbocycles. The zero-order valence-corrected chi connectivity index (χ0v) is 21.6. The quantitative estimate of drug-likeness (QED) is 0.417. The Balaban J connectivity index is 1.42. The summed E-state index contributed by atoms with van der Waals surface area (Å²) in [5.74, 6) is 2.11. The van der Waals surface area contributed by atoms with Gasteiger partial charge >= 0.3 is 5.97 Å². The van der Waals surface area contributed by atoms with Gasteiger partial charge in [-0.05, 0) is 99.4 Å². The maximum atomic E-state index is 12.9. The van der Waals surface area contributed by atoms with Crippen LogP contribution in [0.2, 0.25) is 0 Å². The van der Waals surface area contributed by atoms with E-state index in [2.05, 4.69) is 27.7 Å². The maximum Gasteiger partial charge on any atom is 0.339 e. The number of hydrogen-bond donors (Lipinski definition) is 1. The van der Waals surface area contributed by atoms with Crippen LogP contribution in [-0.4, -0.2) is 28.6 Å². The summed E-state index contributed by atoms with van der Waals surface area (Å²) in [5, 5.41) is 11.7. The molecule has 5 fully saturated rings. The van der Waals surface area contributed by atoms with Gasteiger partial charge in [-0.2, -0.15) is 0 Å². The van der Waals surface area contributed by atoms with Crippen LogP contribution in [0, 0.1) is 45.8 Å². The van der Waals surface area contributed by atoms with E-state index in [9.17, 15) is 14.7 Å². The van der Waals surface area contributed by atoms with Crippen molar-refractivity contribution >= 4 is 11.8 Å². The summed E-state index contributed by atoms with van der Waals surface area (Å²) in [7, 11) is 0. The molecule has 1 saturated heterocycles. The smallest absolute Gasteiger partial charge is 0.339 e. The van der Waals surface area contributed by atoms with Crippen LogP contribution in [0.25, 0.3) is 0 Å². The van der Waals surface area contributed by atoms with Gasteiger partial charge in [0.05, 0.1) is 0 Å². The van der Waals surface area contributed by atoms with Crippen LogP contribution < -0.4 is 0 Å². The molecule has 184 valence electrons. The van der Waals surface area contributed by atoms with Gasteiger partial charge in [-0.25, -0.2) is 4.79 Å². The number of carbonyl (C=O) groups is 2. The lowest BCUT2D eigenvalue weighted by Gasteiger charge is -2.66. The van der Waals surface area contributed by atoms with Crippen LogP contribution in [-0.2, 0) is 14.3 Å². The lowest BCUT2D eigenvalue weighted by atomic mass is 9.38. The van der Waals surface area contributed by atoms with Crippen LogP contribution in [0.1, 0.15) is 99.3 Å². The van der Waals surface area contributed by atoms with E-state index in [0.717, 1.165) is 50.5 Å². The number of cyclic esters (lactones) is 1. The van der Waals surface area contributed by atoms with Crippen LogP contribution in [0.15, 0.2) is 11.6 Å². The molecular formula is C29H44O4. The fraction of sp³-hybridized carbons (Fsp3) is 0.862. The van der Waals surface area contributed by atoms with Crippen molar-refractivity contribution in [3.05, 3.63) is 11.6 Å². The van der Waals surface area contributed by atoms with E-state index in [1.165, 1.54) is 6.42 Å². The number of fused-ring (bicyclic) bond motifs is 5. The number of aliphatic hydroxyl groups is 1. The third kappa shape index (κ3) is 3.18. The van der Waals surface area contributed by atoms with Crippen molar-refractivity contribution in [2.45, 2.75) is 111 Å². The van der Waals surface area contributed by atoms with E-state index in [-0.39, 0.29) is 28.3 Å². The number of ether oxygens (including phenoxy) is 1. The second kappa shape index (κ2) is 7.42.